The molecule has 0 aromatic carbocycles. The first-order valence-corrected chi connectivity index (χ1v) is 9.67. The Bertz CT molecular complexity index is 538. The van der Waals surface area contributed by atoms with Gasteiger partial charge >= 0.3 is 0 Å². The van der Waals surface area contributed by atoms with E-state index in [0.717, 1.165) is 37.6 Å². The highest BCUT2D eigenvalue weighted by Crippen LogP contribution is 2.19. The first-order valence-electron chi connectivity index (χ1n) is 7.20. The minimum atomic E-state index is -3.35. The summed E-state index contributed by atoms with van der Waals surface area (Å²) in [6.07, 6.45) is 0.820. The minimum absolute atomic E-state index is 0.0894. The fourth-order valence-electron chi connectivity index (χ4n) is 2.09. The average Bonchev–Trinajstić information content (AvgIpc) is 2.83. The molecule has 0 spiro atoms. The number of nitrogens with zero attached hydrogens (tertiary/aromatic N) is 3. The number of piperazine rings is 1. The number of nitrogens with one attached hydrogen (secondary N) is 2. The molecule has 2 N–H and O–H groups in total. The first-order chi connectivity index (χ1) is 9.94. The predicted octanol–water partition coefficient (Wildman–Crippen LogP) is 0.384. The molecule has 7 nitrogen and oxygen atoms in total. The van der Waals surface area contributed by atoms with Crippen LogP contribution in [0.4, 0.5) is 5.13 Å². The van der Waals surface area contributed by atoms with Crippen LogP contribution in [0.25, 0.3) is 0 Å². The van der Waals surface area contributed by atoms with Crippen LogP contribution in [0.1, 0.15) is 18.9 Å². The molecule has 120 valence electrons. The number of sulfonamides is 1. The summed E-state index contributed by atoms with van der Waals surface area (Å²) in [4.78, 5) is 2.15. The third-order valence-electron chi connectivity index (χ3n) is 3.18. The monoisotopic (exact) mass is 333 g/mol. The largest absolute Gasteiger partial charge is 0.314 e. The fraction of sp³-hybridized carbons (Fsp3) is 0.833. The fourth-order valence-corrected chi connectivity index (χ4v) is 4.35. The molecule has 2 heterocycles. The Morgan fingerprint density at radius 1 is 1.33 bits per heavy atom. The summed E-state index contributed by atoms with van der Waals surface area (Å²) in [5.74, 6) is 0.571. The van der Waals surface area contributed by atoms with Crippen molar-refractivity contribution in [2.75, 3.05) is 43.2 Å². The number of aromatic nitrogens is 2. The lowest BCUT2D eigenvalue weighted by Crippen LogP contribution is -2.45. The van der Waals surface area contributed by atoms with Gasteiger partial charge in [0.05, 0.1) is 5.75 Å². The van der Waals surface area contributed by atoms with Crippen molar-refractivity contribution < 1.29 is 8.42 Å². The minimum Gasteiger partial charge on any atom is -0.314 e. The second kappa shape index (κ2) is 7.48. The van der Waals surface area contributed by atoms with Crippen molar-refractivity contribution in [1.82, 2.24) is 20.4 Å². The zero-order valence-electron chi connectivity index (χ0n) is 12.5. The molecule has 1 aliphatic rings. The molecular formula is C12H23N5O2S2. The van der Waals surface area contributed by atoms with Crippen LogP contribution in [0, 0.1) is 5.92 Å². The van der Waals surface area contributed by atoms with Gasteiger partial charge in [-0.2, -0.15) is 0 Å². The Labute approximate surface area is 130 Å². The van der Waals surface area contributed by atoms with Gasteiger partial charge in [-0.3, -0.25) is 9.62 Å². The van der Waals surface area contributed by atoms with Gasteiger partial charge in [0.25, 0.3) is 0 Å². The molecule has 1 aliphatic heterocycles. The Morgan fingerprint density at radius 3 is 2.71 bits per heavy atom. The smallest absolute Gasteiger partial charge is 0.235 e. The summed E-state index contributed by atoms with van der Waals surface area (Å²) in [5, 5.41) is 12.4. The Kier molecular flexibility index (Phi) is 5.91. The topological polar surface area (TPSA) is 87.2 Å². The quantitative estimate of drug-likeness (QED) is 0.750. The molecule has 2 rings (SSSR count). The van der Waals surface area contributed by atoms with Crippen molar-refractivity contribution in [1.29, 1.82) is 0 Å². The van der Waals surface area contributed by atoms with Crippen molar-refractivity contribution >= 4 is 26.5 Å². The second-order valence-electron chi connectivity index (χ2n) is 5.61. The molecular weight excluding hydrogens is 310 g/mol. The third-order valence-corrected chi connectivity index (χ3v) is 5.39. The summed E-state index contributed by atoms with van der Waals surface area (Å²) in [6, 6.07) is 0. The van der Waals surface area contributed by atoms with Gasteiger partial charge in [-0.1, -0.05) is 25.2 Å². The van der Waals surface area contributed by atoms with E-state index in [9.17, 15) is 8.42 Å². The third kappa shape index (κ3) is 5.85. The van der Waals surface area contributed by atoms with E-state index in [2.05, 4.69) is 39.0 Å². The highest BCUT2D eigenvalue weighted by molar-refractivity contribution is 7.92. The van der Waals surface area contributed by atoms with Crippen LogP contribution >= 0.6 is 11.3 Å². The lowest BCUT2D eigenvalue weighted by atomic mass is 10.1. The van der Waals surface area contributed by atoms with Gasteiger partial charge in [-0.15, -0.1) is 10.2 Å². The van der Waals surface area contributed by atoms with Crippen molar-refractivity contribution in [3.05, 3.63) is 5.01 Å². The molecule has 0 bridgehead atoms. The van der Waals surface area contributed by atoms with Crippen molar-refractivity contribution in [3.63, 3.8) is 0 Å². The van der Waals surface area contributed by atoms with Crippen LogP contribution < -0.4 is 10.0 Å². The van der Waals surface area contributed by atoms with Gasteiger partial charge in [0.2, 0.25) is 15.2 Å². The SMILES string of the molecule is CC(C)Cc1nnc(NS(=O)(=O)CCN2CCNCC2)s1. The van der Waals surface area contributed by atoms with E-state index in [4.69, 9.17) is 0 Å². The van der Waals surface area contributed by atoms with Crippen LogP contribution in [0.2, 0.25) is 0 Å². The summed E-state index contributed by atoms with van der Waals surface area (Å²) < 4.78 is 26.6. The van der Waals surface area contributed by atoms with Crippen LogP contribution in [0.15, 0.2) is 0 Å². The predicted molar refractivity (Wildman–Crippen MR) is 85.2 cm³/mol. The summed E-state index contributed by atoms with van der Waals surface area (Å²) in [6.45, 7) is 8.37. The molecule has 0 amide bonds. The Morgan fingerprint density at radius 2 is 2.05 bits per heavy atom. The maximum Gasteiger partial charge on any atom is 0.235 e. The Balaban J connectivity index is 1.83. The molecule has 0 unspecified atom stereocenters. The highest BCUT2D eigenvalue weighted by atomic mass is 32.2. The van der Waals surface area contributed by atoms with Gasteiger partial charge < -0.3 is 5.32 Å². The van der Waals surface area contributed by atoms with E-state index < -0.39 is 10.0 Å². The maximum absolute atomic E-state index is 12.1. The van der Waals surface area contributed by atoms with E-state index in [1.165, 1.54) is 11.3 Å². The number of hydrogen-bond acceptors (Lipinski definition) is 7. The standard InChI is InChI=1S/C12H23N5O2S2/c1-10(2)9-11-14-15-12(20-11)16-21(18,19)8-7-17-5-3-13-4-6-17/h10,13H,3-9H2,1-2H3,(H,15,16). The van der Waals surface area contributed by atoms with Crippen molar-refractivity contribution in [2.45, 2.75) is 20.3 Å². The molecule has 1 aromatic rings. The molecule has 1 aromatic heterocycles. The van der Waals surface area contributed by atoms with Gasteiger partial charge in [-0.05, 0) is 5.92 Å². The highest BCUT2D eigenvalue weighted by Gasteiger charge is 2.17. The number of rotatable bonds is 7. The van der Waals surface area contributed by atoms with E-state index >= 15 is 0 Å². The second-order valence-corrected chi connectivity index (χ2v) is 8.52. The van der Waals surface area contributed by atoms with Crippen LogP contribution in [0.3, 0.4) is 0 Å². The number of hydrogen-bond donors (Lipinski definition) is 2. The Hall–Kier alpha value is -0.770. The van der Waals surface area contributed by atoms with Gasteiger partial charge in [0, 0.05) is 39.1 Å². The molecule has 0 radical (unpaired) electrons. The van der Waals surface area contributed by atoms with Gasteiger partial charge in [0.15, 0.2) is 0 Å². The van der Waals surface area contributed by atoms with E-state index in [1.807, 2.05) is 0 Å². The lowest BCUT2D eigenvalue weighted by Gasteiger charge is -2.26. The van der Waals surface area contributed by atoms with Crippen molar-refractivity contribution in [2.24, 2.45) is 5.92 Å². The average molecular weight is 333 g/mol. The van der Waals surface area contributed by atoms with Crippen LogP contribution in [-0.2, 0) is 16.4 Å². The van der Waals surface area contributed by atoms with Crippen molar-refractivity contribution in [3.8, 4) is 0 Å². The van der Waals surface area contributed by atoms with E-state index in [0.29, 0.717) is 17.6 Å². The summed E-state index contributed by atoms with van der Waals surface area (Å²) >= 11 is 1.31. The molecule has 0 atom stereocenters. The van der Waals surface area contributed by atoms with Crippen LogP contribution in [0.5, 0.6) is 0 Å². The molecule has 21 heavy (non-hydrogen) atoms. The van der Waals surface area contributed by atoms with Crippen LogP contribution in [-0.4, -0.2) is 62.0 Å². The molecule has 1 saturated heterocycles. The lowest BCUT2D eigenvalue weighted by molar-refractivity contribution is 0.254. The molecule has 0 saturated carbocycles. The maximum atomic E-state index is 12.1. The zero-order chi connectivity index (χ0) is 15.3. The zero-order valence-corrected chi connectivity index (χ0v) is 14.1. The van der Waals surface area contributed by atoms with Gasteiger partial charge in [0.1, 0.15) is 5.01 Å². The van der Waals surface area contributed by atoms with E-state index in [-0.39, 0.29) is 5.75 Å². The first kappa shape index (κ1) is 16.6. The number of anilines is 1. The molecule has 9 heteroatoms. The summed E-state index contributed by atoms with van der Waals surface area (Å²) in [5.41, 5.74) is 0. The summed E-state index contributed by atoms with van der Waals surface area (Å²) in [7, 11) is -3.35. The molecule has 0 aliphatic carbocycles. The van der Waals surface area contributed by atoms with E-state index in [1.54, 1.807) is 0 Å². The normalized spacial score (nSPS) is 17.3. The van der Waals surface area contributed by atoms with Gasteiger partial charge in [-0.25, -0.2) is 8.42 Å². The molecule has 1 fully saturated rings.